The van der Waals surface area contributed by atoms with Crippen molar-refractivity contribution in [1.29, 1.82) is 5.26 Å². The molecule has 0 N–H and O–H groups in total. The van der Waals surface area contributed by atoms with Gasteiger partial charge < -0.3 is 14.5 Å². The third-order valence-corrected chi connectivity index (χ3v) is 5.40. The van der Waals surface area contributed by atoms with E-state index in [0.29, 0.717) is 54.8 Å². The summed E-state index contributed by atoms with van der Waals surface area (Å²) >= 11 is 0. The fourth-order valence-electron chi connectivity index (χ4n) is 3.91. The fourth-order valence-corrected chi connectivity index (χ4v) is 3.91. The molecule has 3 heterocycles. The van der Waals surface area contributed by atoms with Crippen molar-refractivity contribution in [1.82, 2.24) is 9.97 Å². The highest BCUT2D eigenvalue weighted by Crippen LogP contribution is 2.32. The number of carbonyl (C=O) groups is 1. The Morgan fingerprint density at radius 3 is 2.55 bits per heavy atom. The summed E-state index contributed by atoms with van der Waals surface area (Å²) in [6.45, 7) is 6.54. The summed E-state index contributed by atoms with van der Waals surface area (Å²) in [5, 5.41) is 10.3. The quantitative estimate of drug-likeness (QED) is 0.599. The van der Waals surface area contributed by atoms with Gasteiger partial charge in [-0.2, -0.15) is 5.26 Å². The molecule has 1 saturated heterocycles. The van der Waals surface area contributed by atoms with Crippen LogP contribution in [-0.4, -0.2) is 48.7 Å². The third-order valence-electron chi connectivity index (χ3n) is 5.40. The van der Waals surface area contributed by atoms with Crippen molar-refractivity contribution in [3.05, 3.63) is 59.2 Å². The minimum atomic E-state index is -0.387. The van der Waals surface area contributed by atoms with Gasteiger partial charge in [0.2, 0.25) is 0 Å². The van der Waals surface area contributed by atoms with Crippen LogP contribution in [0.25, 0.3) is 10.9 Å². The first kappa shape index (κ1) is 20.5. The van der Waals surface area contributed by atoms with E-state index < -0.39 is 0 Å². The van der Waals surface area contributed by atoms with Crippen molar-refractivity contribution >= 4 is 28.4 Å². The molecule has 31 heavy (non-hydrogen) atoms. The van der Waals surface area contributed by atoms with Crippen LogP contribution in [0.3, 0.4) is 0 Å². The molecule has 4 rings (SSSR count). The summed E-state index contributed by atoms with van der Waals surface area (Å²) < 4.78 is 19.1. The monoisotopic (exact) mass is 419 g/mol. The Morgan fingerprint density at radius 1 is 1.16 bits per heavy atom. The number of fused-ring (bicyclic) bond motifs is 1. The van der Waals surface area contributed by atoms with Gasteiger partial charge in [-0.25, -0.2) is 14.2 Å². The molecule has 0 amide bonds. The predicted octanol–water partition coefficient (Wildman–Crippen LogP) is 3.45. The number of nitrogens with zero attached hydrogens (tertiary/aromatic N) is 5. The summed E-state index contributed by atoms with van der Waals surface area (Å²) in [4.78, 5) is 24.8. The van der Waals surface area contributed by atoms with E-state index in [1.807, 2.05) is 13.0 Å². The van der Waals surface area contributed by atoms with Gasteiger partial charge >= 0.3 is 5.97 Å². The van der Waals surface area contributed by atoms with E-state index in [-0.39, 0.29) is 11.8 Å². The Balaban J connectivity index is 1.56. The van der Waals surface area contributed by atoms with Crippen LogP contribution in [0.1, 0.15) is 28.4 Å². The molecule has 0 saturated carbocycles. The highest BCUT2D eigenvalue weighted by atomic mass is 19.1. The maximum absolute atomic E-state index is 14.1. The third kappa shape index (κ3) is 3.99. The maximum atomic E-state index is 14.1. The summed E-state index contributed by atoms with van der Waals surface area (Å²) in [5.41, 5.74) is 3.02. The first-order valence-corrected chi connectivity index (χ1v) is 10.1. The van der Waals surface area contributed by atoms with E-state index >= 15 is 0 Å². The van der Waals surface area contributed by atoms with Crippen LogP contribution in [-0.2, 0) is 4.74 Å². The Hall–Kier alpha value is -3.73. The first-order valence-electron chi connectivity index (χ1n) is 10.1. The van der Waals surface area contributed by atoms with Crippen LogP contribution in [0.5, 0.6) is 0 Å². The number of ether oxygens (including phenoxy) is 1. The van der Waals surface area contributed by atoms with Gasteiger partial charge in [0.05, 0.1) is 28.9 Å². The van der Waals surface area contributed by atoms with Crippen LogP contribution in [0.15, 0.2) is 36.7 Å². The minimum absolute atomic E-state index is 0.320. The molecule has 7 nitrogen and oxygen atoms in total. The highest BCUT2D eigenvalue weighted by Gasteiger charge is 2.23. The van der Waals surface area contributed by atoms with Gasteiger partial charge in [0.25, 0.3) is 0 Å². The number of pyridine rings is 2. The van der Waals surface area contributed by atoms with E-state index in [0.717, 1.165) is 17.1 Å². The van der Waals surface area contributed by atoms with Crippen LogP contribution in [0.2, 0.25) is 0 Å². The van der Waals surface area contributed by atoms with E-state index in [1.165, 1.54) is 18.3 Å². The van der Waals surface area contributed by atoms with Crippen LogP contribution >= 0.6 is 0 Å². The van der Waals surface area contributed by atoms with Crippen LogP contribution in [0.4, 0.5) is 15.9 Å². The Labute approximate surface area is 179 Å². The van der Waals surface area contributed by atoms with Crippen molar-refractivity contribution in [2.75, 3.05) is 42.6 Å². The first-order chi connectivity index (χ1) is 15.0. The molecule has 8 heteroatoms. The van der Waals surface area contributed by atoms with Crippen LogP contribution < -0.4 is 9.80 Å². The second-order valence-electron chi connectivity index (χ2n) is 7.35. The number of esters is 1. The Kier molecular flexibility index (Phi) is 5.67. The Morgan fingerprint density at radius 2 is 1.90 bits per heavy atom. The van der Waals surface area contributed by atoms with Crippen LogP contribution in [0, 0.1) is 24.1 Å². The minimum Gasteiger partial charge on any atom is -0.462 e. The normalized spacial score (nSPS) is 13.9. The lowest BCUT2D eigenvalue weighted by Gasteiger charge is -2.37. The largest absolute Gasteiger partial charge is 0.462 e. The smallest absolute Gasteiger partial charge is 0.339 e. The Bertz CT molecular complexity index is 1170. The number of anilines is 2. The van der Waals surface area contributed by atoms with Gasteiger partial charge in [-0.1, -0.05) is 0 Å². The molecular formula is C23H22FN5O2. The van der Waals surface area contributed by atoms with Gasteiger partial charge in [0.1, 0.15) is 17.7 Å². The summed E-state index contributed by atoms with van der Waals surface area (Å²) in [7, 11) is 0. The molecule has 1 aliphatic rings. The standard InChI is InChI=1S/C23H22FN5O2/c1-3-31-23(30)16-4-5-20(26-13-16)28-6-8-29(9-7-28)22-17(12-25)14-27-21-15(2)10-18(24)11-19(21)22/h4-5,10-11,13-14H,3,6-9H2,1-2H3. The zero-order chi connectivity index (χ0) is 22.0. The molecule has 3 aromatic rings. The van der Waals surface area contributed by atoms with E-state index in [2.05, 4.69) is 25.8 Å². The van der Waals surface area contributed by atoms with Gasteiger partial charge in [0.15, 0.2) is 0 Å². The van der Waals surface area contributed by atoms with Crippen molar-refractivity contribution in [2.24, 2.45) is 0 Å². The molecule has 0 bridgehead atoms. The second kappa shape index (κ2) is 8.56. The van der Waals surface area contributed by atoms with Crippen molar-refractivity contribution in [2.45, 2.75) is 13.8 Å². The number of carbonyl (C=O) groups excluding carboxylic acids is 1. The molecule has 1 aliphatic heterocycles. The molecule has 0 atom stereocenters. The molecular weight excluding hydrogens is 397 g/mol. The summed E-state index contributed by atoms with van der Waals surface area (Å²) in [5.74, 6) is 0.0461. The number of nitriles is 1. The van der Waals surface area contributed by atoms with Crippen molar-refractivity contribution in [3.63, 3.8) is 0 Å². The molecule has 0 aliphatic carbocycles. The fraction of sp³-hybridized carbons (Fsp3) is 0.304. The zero-order valence-corrected chi connectivity index (χ0v) is 17.4. The summed E-state index contributed by atoms with van der Waals surface area (Å²) in [6.07, 6.45) is 3.08. The molecule has 0 spiro atoms. The van der Waals surface area contributed by atoms with Crippen molar-refractivity contribution in [3.8, 4) is 6.07 Å². The molecule has 2 aromatic heterocycles. The molecule has 0 radical (unpaired) electrons. The number of aromatic nitrogens is 2. The number of aryl methyl sites for hydroxylation is 1. The number of piperazine rings is 1. The van der Waals surface area contributed by atoms with Gasteiger partial charge in [-0.15, -0.1) is 0 Å². The molecule has 1 fully saturated rings. The number of benzene rings is 1. The van der Waals surface area contributed by atoms with E-state index in [4.69, 9.17) is 4.74 Å². The molecule has 0 unspecified atom stereocenters. The van der Waals surface area contributed by atoms with E-state index in [1.54, 1.807) is 19.2 Å². The summed E-state index contributed by atoms with van der Waals surface area (Å²) in [6, 6.07) is 8.62. The zero-order valence-electron chi connectivity index (χ0n) is 17.4. The number of hydrogen-bond acceptors (Lipinski definition) is 7. The lowest BCUT2D eigenvalue weighted by molar-refractivity contribution is 0.0526. The van der Waals surface area contributed by atoms with Crippen molar-refractivity contribution < 1.29 is 13.9 Å². The van der Waals surface area contributed by atoms with E-state index in [9.17, 15) is 14.4 Å². The highest BCUT2D eigenvalue weighted by molar-refractivity contribution is 5.96. The average Bonchev–Trinajstić information content (AvgIpc) is 2.78. The van der Waals surface area contributed by atoms with Gasteiger partial charge in [-0.3, -0.25) is 4.98 Å². The predicted molar refractivity (Wildman–Crippen MR) is 116 cm³/mol. The number of rotatable bonds is 4. The topological polar surface area (TPSA) is 82.4 Å². The SMILES string of the molecule is CCOC(=O)c1ccc(N2CCN(c3c(C#N)cnc4c(C)cc(F)cc34)CC2)nc1. The van der Waals surface area contributed by atoms with Gasteiger partial charge in [0, 0.05) is 44.0 Å². The lowest BCUT2D eigenvalue weighted by atomic mass is 10.0. The second-order valence-corrected chi connectivity index (χ2v) is 7.35. The molecule has 158 valence electrons. The average molecular weight is 419 g/mol. The maximum Gasteiger partial charge on any atom is 0.339 e. The number of hydrogen-bond donors (Lipinski definition) is 0. The van der Waals surface area contributed by atoms with Gasteiger partial charge in [-0.05, 0) is 43.7 Å². The molecule has 1 aromatic carbocycles. The number of halogens is 1. The lowest BCUT2D eigenvalue weighted by Crippen LogP contribution is -2.47.